The quantitative estimate of drug-likeness (QED) is 0.610. The molecule has 24 heavy (non-hydrogen) atoms. The van der Waals surface area contributed by atoms with Crippen molar-refractivity contribution in [1.29, 1.82) is 0 Å². The van der Waals surface area contributed by atoms with Crippen LogP contribution in [-0.4, -0.2) is 0 Å². The predicted octanol–water partition coefficient (Wildman–Crippen LogP) is 5.84. The second-order valence-corrected chi connectivity index (χ2v) is 6.18. The zero-order valence-electron chi connectivity index (χ0n) is 13.6. The van der Waals surface area contributed by atoms with Gasteiger partial charge < -0.3 is 10.1 Å². The molecule has 0 atom stereocenters. The Hall–Kier alpha value is -2.45. The Morgan fingerprint density at radius 3 is 2.33 bits per heavy atom. The van der Waals surface area contributed by atoms with Gasteiger partial charge in [-0.15, -0.1) is 0 Å². The van der Waals surface area contributed by atoms with E-state index in [1.165, 1.54) is 11.1 Å². The molecule has 3 aromatic rings. The first-order valence-electron chi connectivity index (χ1n) is 7.96. The number of halogens is 1. The Bertz CT molecular complexity index is 713. The highest BCUT2D eigenvalue weighted by molar-refractivity contribution is 6.30. The molecule has 0 radical (unpaired) electrons. The number of hydrogen-bond donors (Lipinski definition) is 1. The van der Waals surface area contributed by atoms with Gasteiger partial charge in [-0.3, -0.25) is 0 Å². The number of anilines is 1. The van der Waals surface area contributed by atoms with Crippen LogP contribution in [0.3, 0.4) is 0 Å². The van der Waals surface area contributed by atoms with Crippen molar-refractivity contribution in [2.45, 2.75) is 20.1 Å². The molecule has 0 fully saturated rings. The first-order valence-corrected chi connectivity index (χ1v) is 8.34. The lowest BCUT2D eigenvalue weighted by molar-refractivity contribution is 0.303. The minimum atomic E-state index is 0.568. The Labute approximate surface area is 148 Å². The van der Waals surface area contributed by atoms with Crippen molar-refractivity contribution in [3.8, 4) is 5.75 Å². The maximum atomic E-state index is 6.01. The SMILES string of the molecule is Cc1ccc(COc2ccccc2CNc2ccc(Cl)cc2)cc1. The van der Waals surface area contributed by atoms with Gasteiger partial charge in [0.15, 0.2) is 0 Å². The minimum absolute atomic E-state index is 0.568. The summed E-state index contributed by atoms with van der Waals surface area (Å²) in [6.07, 6.45) is 0. The lowest BCUT2D eigenvalue weighted by Gasteiger charge is -2.13. The van der Waals surface area contributed by atoms with Crippen molar-refractivity contribution in [1.82, 2.24) is 0 Å². The minimum Gasteiger partial charge on any atom is -0.489 e. The Balaban J connectivity index is 1.64. The molecule has 3 rings (SSSR count). The summed E-state index contributed by atoms with van der Waals surface area (Å²) in [6.45, 7) is 3.35. The summed E-state index contributed by atoms with van der Waals surface area (Å²) in [5.74, 6) is 0.902. The third-order valence-corrected chi connectivity index (χ3v) is 4.07. The van der Waals surface area contributed by atoms with Crippen LogP contribution in [0.1, 0.15) is 16.7 Å². The normalized spacial score (nSPS) is 10.4. The number of nitrogens with one attached hydrogen (secondary N) is 1. The molecule has 0 saturated heterocycles. The molecule has 0 aliphatic heterocycles. The Kier molecular flexibility index (Phi) is 5.39. The molecular weight excluding hydrogens is 318 g/mol. The van der Waals surface area contributed by atoms with E-state index in [-0.39, 0.29) is 0 Å². The first-order chi connectivity index (χ1) is 11.7. The van der Waals surface area contributed by atoms with E-state index in [1.54, 1.807) is 0 Å². The van der Waals surface area contributed by atoms with Crippen LogP contribution in [0, 0.1) is 6.92 Å². The number of aryl methyl sites for hydroxylation is 1. The highest BCUT2D eigenvalue weighted by Gasteiger charge is 2.04. The summed E-state index contributed by atoms with van der Waals surface area (Å²) in [5, 5.41) is 4.13. The van der Waals surface area contributed by atoms with Gasteiger partial charge in [0.25, 0.3) is 0 Å². The molecule has 2 nitrogen and oxygen atoms in total. The summed E-state index contributed by atoms with van der Waals surface area (Å²) >= 11 is 5.92. The third-order valence-electron chi connectivity index (χ3n) is 3.81. The monoisotopic (exact) mass is 337 g/mol. The van der Waals surface area contributed by atoms with E-state index in [1.807, 2.05) is 42.5 Å². The van der Waals surface area contributed by atoms with Crippen LogP contribution < -0.4 is 10.1 Å². The molecule has 3 aromatic carbocycles. The maximum Gasteiger partial charge on any atom is 0.124 e. The van der Waals surface area contributed by atoms with Gasteiger partial charge in [0, 0.05) is 22.8 Å². The number of ether oxygens (including phenoxy) is 1. The van der Waals surface area contributed by atoms with Gasteiger partial charge in [0.1, 0.15) is 12.4 Å². The van der Waals surface area contributed by atoms with E-state index in [4.69, 9.17) is 16.3 Å². The van der Waals surface area contributed by atoms with Crippen LogP contribution in [-0.2, 0) is 13.2 Å². The molecule has 122 valence electrons. The molecule has 0 aromatic heterocycles. The summed E-state index contributed by atoms with van der Waals surface area (Å²) < 4.78 is 6.01. The smallest absolute Gasteiger partial charge is 0.124 e. The van der Waals surface area contributed by atoms with Crippen LogP contribution in [0.4, 0.5) is 5.69 Å². The zero-order valence-corrected chi connectivity index (χ0v) is 14.4. The average Bonchev–Trinajstić information content (AvgIpc) is 2.61. The molecule has 0 spiro atoms. The maximum absolute atomic E-state index is 6.01. The van der Waals surface area contributed by atoms with Crippen molar-refractivity contribution >= 4 is 17.3 Å². The fraction of sp³-hybridized carbons (Fsp3) is 0.143. The van der Waals surface area contributed by atoms with Gasteiger partial charge in [-0.2, -0.15) is 0 Å². The molecule has 1 N–H and O–H groups in total. The van der Waals surface area contributed by atoms with E-state index in [0.29, 0.717) is 13.2 Å². The fourth-order valence-corrected chi connectivity index (χ4v) is 2.53. The van der Waals surface area contributed by atoms with Crippen molar-refractivity contribution in [3.05, 3.63) is 94.5 Å². The summed E-state index contributed by atoms with van der Waals surface area (Å²) in [7, 11) is 0. The Morgan fingerprint density at radius 1 is 0.875 bits per heavy atom. The molecule has 3 heteroatoms. The molecule has 0 saturated carbocycles. The van der Waals surface area contributed by atoms with Crippen molar-refractivity contribution in [2.24, 2.45) is 0 Å². The van der Waals surface area contributed by atoms with Gasteiger partial charge in [-0.1, -0.05) is 59.6 Å². The molecule has 0 heterocycles. The predicted molar refractivity (Wildman–Crippen MR) is 101 cm³/mol. The van der Waals surface area contributed by atoms with E-state index in [2.05, 4.69) is 42.6 Å². The van der Waals surface area contributed by atoms with Crippen molar-refractivity contribution in [2.75, 3.05) is 5.32 Å². The standard InChI is InChI=1S/C21H20ClNO/c1-16-6-8-17(9-7-16)15-24-21-5-3-2-4-18(21)14-23-20-12-10-19(22)11-13-20/h2-13,23H,14-15H2,1H3. The van der Waals surface area contributed by atoms with Crippen LogP contribution in [0.25, 0.3) is 0 Å². The second kappa shape index (κ2) is 7.89. The second-order valence-electron chi connectivity index (χ2n) is 5.74. The molecule has 0 unspecified atom stereocenters. The van der Waals surface area contributed by atoms with Gasteiger partial charge >= 0.3 is 0 Å². The first kappa shape index (κ1) is 16.4. The largest absolute Gasteiger partial charge is 0.489 e. The molecular formula is C21H20ClNO. The average molecular weight is 338 g/mol. The highest BCUT2D eigenvalue weighted by Crippen LogP contribution is 2.21. The zero-order chi connectivity index (χ0) is 16.8. The molecule has 0 amide bonds. The molecule has 0 aliphatic carbocycles. The summed E-state index contributed by atoms with van der Waals surface area (Å²) in [5.41, 5.74) is 4.58. The van der Waals surface area contributed by atoms with Crippen LogP contribution in [0.2, 0.25) is 5.02 Å². The lowest BCUT2D eigenvalue weighted by Crippen LogP contribution is -2.03. The highest BCUT2D eigenvalue weighted by atomic mass is 35.5. The van der Waals surface area contributed by atoms with E-state index < -0.39 is 0 Å². The lowest BCUT2D eigenvalue weighted by atomic mass is 10.1. The van der Waals surface area contributed by atoms with Crippen LogP contribution in [0.15, 0.2) is 72.8 Å². The van der Waals surface area contributed by atoms with Gasteiger partial charge in [-0.05, 0) is 42.8 Å². The van der Waals surface area contributed by atoms with E-state index in [9.17, 15) is 0 Å². The van der Waals surface area contributed by atoms with E-state index in [0.717, 1.165) is 22.0 Å². The number of rotatable bonds is 6. The third kappa shape index (κ3) is 4.53. The molecule has 0 bridgehead atoms. The van der Waals surface area contributed by atoms with Gasteiger partial charge in [0.05, 0.1) is 0 Å². The van der Waals surface area contributed by atoms with Crippen LogP contribution in [0.5, 0.6) is 5.75 Å². The van der Waals surface area contributed by atoms with Crippen molar-refractivity contribution < 1.29 is 4.74 Å². The number of hydrogen-bond acceptors (Lipinski definition) is 2. The summed E-state index contributed by atoms with van der Waals surface area (Å²) in [6, 6.07) is 24.2. The fourth-order valence-electron chi connectivity index (χ4n) is 2.40. The topological polar surface area (TPSA) is 21.3 Å². The Morgan fingerprint density at radius 2 is 1.58 bits per heavy atom. The number of para-hydroxylation sites is 1. The molecule has 0 aliphatic rings. The van der Waals surface area contributed by atoms with Crippen LogP contribution >= 0.6 is 11.6 Å². The summed E-state index contributed by atoms with van der Waals surface area (Å²) in [4.78, 5) is 0. The number of benzene rings is 3. The van der Waals surface area contributed by atoms with Gasteiger partial charge in [0.2, 0.25) is 0 Å². The van der Waals surface area contributed by atoms with E-state index >= 15 is 0 Å². The van der Waals surface area contributed by atoms with Gasteiger partial charge in [-0.25, -0.2) is 0 Å². The van der Waals surface area contributed by atoms with Crippen molar-refractivity contribution in [3.63, 3.8) is 0 Å².